The number of nitrogens with zero attached hydrogens (tertiary/aromatic N) is 2. The second kappa shape index (κ2) is 5.60. The van der Waals surface area contributed by atoms with E-state index in [1.54, 1.807) is 37.5 Å². The third-order valence-corrected chi connectivity index (χ3v) is 2.62. The lowest BCUT2D eigenvalue weighted by atomic mass is 10.2. The maximum atomic E-state index is 11.8. The Hall–Kier alpha value is -1.94. The van der Waals surface area contributed by atoms with Gasteiger partial charge in [0.25, 0.3) is 0 Å². The molecule has 0 bridgehead atoms. The lowest BCUT2D eigenvalue weighted by Crippen LogP contribution is -2.15. The molecule has 0 aromatic carbocycles. The van der Waals surface area contributed by atoms with Crippen LogP contribution in [0.5, 0.6) is 0 Å². The van der Waals surface area contributed by atoms with E-state index >= 15 is 0 Å². The van der Waals surface area contributed by atoms with Crippen molar-refractivity contribution in [2.45, 2.75) is 13.3 Å². The molecule has 0 unspecified atom stereocenters. The molecule has 0 saturated carbocycles. The molecular weight excluding hydrogens is 250 g/mol. The molecule has 2 rings (SSSR count). The van der Waals surface area contributed by atoms with Crippen LogP contribution >= 0.6 is 11.6 Å². The Labute approximate surface area is 110 Å². The normalized spacial score (nSPS) is 10.1. The van der Waals surface area contributed by atoms with E-state index in [2.05, 4.69) is 15.3 Å². The fourth-order valence-corrected chi connectivity index (χ4v) is 1.73. The van der Waals surface area contributed by atoms with Crippen LogP contribution < -0.4 is 5.32 Å². The smallest absolute Gasteiger partial charge is 0.228 e. The van der Waals surface area contributed by atoms with Gasteiger partial charge in [-0.2, -0.15) is 0 Å². The van der Waals surface area contributed by atoms with Gasteiger partial charge in [0, 0.05) is 12.4 Å². The van der Waals surface area contributed by atoms with Gasteiger partial charge in [-0.25, -0.2) is 4.98 Å². The van der Waals surface area contributed by atoms with E-state index in [1.165, 1.54) is 0 Å². The molecule has 18 heavy (non-hydrogen) atoms. The largest absolute Gasteiger partial charge is 0.324 e. The van der Waals surface area contributed by atoms with Crippen molar-refractivity contribution in [1.82, 2.24) is 9.97 Å². The van der Waals surface area contributed by atoms with Crippen molar-refractivity contribution in [3.8, 4) is 0 Å². The third-order valence-electron chi connectivity index (χ3n) is 2.41. The van der Waals surface area contributed by atoms with Gasteiger partial charge in [0.1, 0.15) is 5.15 Å². The second-order valence-corrected chi connectivity index (χ2v) is 4.24. The highest BCUT2D eigenvalue weighted by Gasteiger charge is 2.07. The number of aryl methyl sites for hydroxylation is 1. The Morgan fingerprint density at radius 1 is 1.39 bits per heavy atom. The van der Waals surface area contributed by atoms with Crippen molar-refractivity contribution in [3.63, 3.8) is 0 Å². The third kappa shape index (κ3) is 3.28. The number of anilines is 1. The number of aromatic nitrogens is 2. The van der Waals surface area contributed by atoms with Gasteiger partial charge in [0.15, 0.2) is 0 Å². The molecule has 1 amide bonds. The Balaban J connectivity index is 2.03. The molecular formula is C13H12ClN3O. The van der Waals surface area contributed by atoms with Crippen molar-refractivity contribution in [2.75, 3.05) is 5.32 Å². The quantitative estimate of drug-likeness (QED) is 0.864. The molecule has 0 saturated heterocycles. The van der Waals surface area contributed by atoms with Crippen molar-refractivity contribution in [3.05, 3.63) is 53.1 Å². The van der Waals surface area contributed by atoms with Gasteiger partial charge >= 0.3 is 0 Å². The predicted molar refractivity (Wildman–Crippen MR) is 70.6 cm³/mol. The summed E-state index contributed by atoms with van der Waals surface area (Å²) in [6.07, 6.45) is 3.64. The molecule has 1 N–H and O–H groups in total. The van der Waals surface area contributed by atoms with Crippen LogP contribution in [0.1, 0.15) is 11.3 Å². The molecule has 0 aliphatic rings. The first-order chi connectivity index (χ1) is 8.65. The lowest BCUT2D eigenvalue weighted by molar-refractivity contribution is -0.115. The van der Waals surface area contributed by atoms with Crippen LogP contribution in [-0.4, -0.2) is 15.9 Å². The topological polar surface area (TPSA) is 54.9 Å². The minimum absolute atomic E-state index is 0.102. The number of nitrogens with one attached hydrogen (secondary N) is 1. The number of carbonyl (C=O) groups excluding carboxylic acids is 1. The molecule has 2 aromatic heterocycles. The van der Waals surface area contributed by atoms with Crippen molar-refractivity contribution >= 4 is 23.2 Å². The van der Waals surface area contributed by atoms with E-state index in [1.807, 2.05) is 6.07 Å². The molecule has 0 aliphatic heterocycles. The van der Waals surface area contributed by atoms with Crippen molar-refractivity contribution in [1.29, 1.82) is 0 Å². The van der Waals surface area contributed by atoms with Gasteiger partial charge < -0.3 is 5.32 Å². The number of rotatable bonds is 3. The van der Waals surface area contributed by atoms with Crippen LogP contribution in [0.3, 0.4) is 0 Å². The summed E-state index contributed by atoms with van der Waals surface area (Å²) in [6, 6.07) is 7.05. The van der Waals surface area contributed by atoms with Crippen molar-refractivity contribution in [2.24, 2.45) is 0 Å². The van der Waals surface area contributed by atoms with Gasteiger partial charge in [0.05, 0.1) is 17.8 Å². The number of amides is 1. The summed E-state index contributed by atoms with van der Waals surface area (Å²) in [4.78, 5) is 19.9. The molecule has 4 nitrogen and oxygen atoms in total. The van der Waals surface area contributed by atoms with Crippen LogP contribution in [0.25, 0.3) is 0 Å². The highest BCUT2D eigenvalue weighted by atomic mass is 35.5. The van der Waals surface area contributed by atoms with Crippen molar-refractivity contribution < 1.29 is 4.79 Å². The van der Waals surface area contributed by atoms with Crippen LogP contribution in [0, 0.1) is 6.92 Å². The monoisotopic (exact) mass is 261 g/mol. The zero-order valence-electron chi connectivity index (χ0n) is 9.85. The first-order valence-corrected chi connectivity index (χ1v) is 5.85. The predicted octanol–water partition coefficient (Wildman–Crippen LogP) is 2.62. The van der Waals surface area contributed by atoms with Gasteiger partial charge in [-0.1, -0.05) is 17.7 Å². The van der Waals surface area contributed by atoms with Crippen LogP contribution in [0.2, 0.25) is 5.15 Å². The summed E-state index contributed by atoms with van der Waals surface area (Å²) in [7, 11) is 0. The fourth-order valence-electron chi connectivity index (χ4n) is 1.55. The number of hydrogen-bond donors (Lipinski definition) is 1. The Morgan fingerprint density at radius 2 is 2.22 bits per heavy atom. The molecule has 2 heterocycles. The van der Waals surface area contributed by atoms with E-state index in [-0.39, 0.29) is 12.3 Å². The summed E-state index contributed by atoms with van der Waals surface area (Å²) in [6.45, 7) is 1.80. The zero-order valence-corrected chi connectivity index (χ0v) is 10.6. The highest BCUT2D eigenvalue weighted by Crippen LogP contribution is 2.15. The molecule has 0 spiro atoms. The molecule has 0 atom stereocenters. The standard InChI is InChI=1S/C13H12ClN3O/c1-9-11(4-5-12(14)16-9)17-13(18)7-10-3-2-6-15-8-10/h2-6,8H,7H2,1H3,(H,17,18). The average Bonchev–Trinajstić information content (AvgIpc) is 2.34. The molecule has 5 heteroatoms. The summed E-state index contributed by atoms with van der Waals surface area (Å²) in [5, 5.41) is 3.21. The first-order valence-electron chi connectivity index (χ1n) is 5.47. The minimum Gasteiger partial charge on any atom is -0.324 e. The molecule has 0 radical (unpaired) electrons. The SMILES string of the molecule is Cc1nc(Cl)ccc1NC(=O)Cc1cccnc1. The lowest BCUT2D eigenvalue weighted by Gasteiger charge is -2.07. The molecule has 0 fully saturated rings. The molecule has 2 aromatic rings. The van der Waals surface area contributed by atoms with E-state index < -0.39 is 0 Å². The Kier molecular flexibility index (Phi) is 3.89. The summed E-state index contributed by atoms with van der Waals surface area (Å²) in [5.74, 6) is -0.102. The molecule has 92 valence electrons. The van der Waals surface area contributed by atoms with E-state index in [9.17, 15) is 4.79 Å². The first kappa shape index (κ1) is 12.5. The Bertz CT molecular complexity index is 557. The number of carbonyl (C=O) groups is 1. The van der Waals surface area contributed by atoms with Crippen LogP contribution in [-0.2, 0) is 11.2 Å². The summed E-state index contributed by atoms with van der Waals surface area (Å²) >= 11 is 5.75. The Morgan fingerprint density at radius 3 is 2.89 bits per heavy atom. The minimum atomic E-state index is -0.102. The maximum absolute atomic E-state index is 11.8. The van der Waals surface area contributed by atoms with Gasteiger partial charge in [-0.05, 0) is 30.7 Å². The maximum Gasteiger partial charge on any atom is 0.228 e. The van der Waals surface area contributed by atoms with E-state index in [0.29, 0.717) is 16.5 Å². The average molecular weight is 262 g/mol. The van der Waals surface area contributed by atoms with Crippen LogP contribution in [0.15, 0.2) is 36.7 Å². The number of pyridine rings is 2. The van der Waals surface area contributed by atoms with Gasteiger partial charge in [-0.3, -0.25) is 9.78 Å². The summed E-state index contributed by atoms with van der Waals surface area (Å²) in [5.41, 5.74) is 2.24. The number of halogens is 1. The fraction of sp³-hybridized carbons (Fsp3) is 0.154. The second-order valence-electron chi connectivity index (χ2n) is 3.85. The zero-order chi connectivity index (χ0) is 13.0. The van der Waals surface area contributed by atoms with Gasteiger partial charge in [-0.15, -0.1) is 0 Å². The highest BCUT2D eigenvalue weighted by molar-refractivity contribution is 6.29. The van der Waals surface area contributed by atoms with Crippen LogP contribution in [0.4, 0.5) is 5.69 Å². The molecule has 0 aliphatic carbocycles. The number of hydrogen-bond acceptors (Lipinski definition) is 3. The van der Waals surface area contributed by atoms with E-state index in [4.69, 9.17) is 11.6 Å². The van der Waals surface area contributed by atoms with Gasteiger partial charge in [0.2, 0.25) is 5.91 Å². The summed E-state index contributed by atoms with van der Waals surface area (Å²) < 4.78 is 0. The van der Waals surface area contributed by atoms with E-state index in [0.717, 1.165) is 5.56 Å².